The molecule has 2 aromatic rings. The van der Waals surface area contributed by atoms with E-state index in [4.69, 9.17) is 9.47 Å². The summed E-state index contributed by atoms with van der Waals surface area (Å²) in [5, 5.41) is 10.7. The van der Waals surface area contributed by atoms with Crippen molar-refractivity contribution < 1.29 is 24.2 Å². The highest BCUT2D eigenvalue weighted by molar-refractivity contribution is 6.14. The predicted octanol–water partition coefficient (Wildman–Crippen LogP) is 4.74. The Morgan fingerprint density at radius 3 is 2.58 bits per heavy atom. The molecule has 6 nitrogen and oxygen atoms in total. The number of aliphatic hydroxyl groups is 1. The highest BCUT2D eigenvalue weighted by Gasteiger charge is 2.42. The Morgan fingerprint density at radius 2 is 1.88 bits per heavy atom. The Morgan fingerprint density at radius 1 is 1.12 bits per heavy atom. The van der Waals surface area contributed by atoms with Crippen LogP contribution in [0.15, 0.2) is 72.0 Å². The number of methoxy groups -OCH3 is 1. The fourth-order valence-corrected chi connectivity index (χ4v) is 3.68. The number of ketones is 1. The van der Waals surface area contributed by atoms with Crippen molar-refractivity contribution in [3.8, 4) is 5.75 Å². The highest BCUT2D eigenvalue weighted by atomic mass is 16.5. The standard InChI is InChI=1S/C27H31NO5/c1-19(2)14-16-33-22-11-7-10-21(18-22)25-24(26(30)27(31)28(25)15-17-32-3)23(29)13-12-20-8-5-4-6-9-20/h4-13,18-19,25,30H,14-17H2,1-3H3. The number of aliphatic hydroxyl groups excluding tert-OH is 1. The summed E-state index contributed by atoms with van der Waals surface area (Å²) >= 11 is 0. The Labute approximate surface area is 195 Å². The van der Waals surface area contributed by atoms with Gasteiger partial charge in [0.25, 0.3) is 5.91 Å². The number of hydrogen-bond acceptors (Lipinski definition) is 5. The zero-order valence-corrected chi connectivity index (χ0v) is 19.4. The van der Waals surface area contributed by atoms with Crippen molar-refractivity contribution in [1.29, 1.82) is 0 Å². The van der Waals surface area contributed by atoms with Gasteiger partial charge >= 0.3 is 0 Å². The first-order valence-corrected chi connectivity index (χ1v) is 11.2. The second-order valence-corrected chi connectivity index (χ2v) is 8.37. The van der Waals surface area contributed by atoms with Gasteiger partial charge < -0.3 is 19.5 Å². The van der Waals surface area contributed by atoms with Crippen LogP contribution in [0.5, 0.6) is 5.75 Å². The molecule has 1 atom stereocenters. The van der Waals surface area contributed by atoms with Gasteiger partial charge in [0.2, 0.25) is 0 Å². The molecule has 6 heteroatoms. The lowest BCUT2D eigenvalue weighted by molar-refractivity contribution is -0.130. The van der Waals surface area contributed by atoms with Crippen LogP contribution >= 0.6 is 0 Å². The minimum atomic E-state index is -0.728. The maximum absolute atomic E-state index is 13.2. The molecule has 0 saturated carbocycles. The average molecular weight is 450 g/mol. The summed E-state index contributed by atoms with van der Waals surface area (Å²) in [5.41, 5.74) is 1.60. The van der Waals surface area contributed by atoms with Gasteiger partial charge in [0, 0.05) is 13.7 Å². The van der Waals surface area contributed by atoms with E-state index < -0.39 is 23.5 Å². The molecule has 0 fully saturated rings. The van der Waals surface area contributed by atoms with Gasteiger partial charge in [-0.25, -0.2) is 0 Å². The summed E-state index contributed by atoms with van der Waals surface area (Å²) in [6.45, 7) is 5.35. The van der Waals surface area contributed by atoms with Crippen LogP contribution < -0.4 is 4.74 Å². The summed E-state index contributed by atoms with van der Waals surface area (Å²) in [6, 6.07) is 16.0. The number of carbonyl (C=O) groups is 2. The van der Waals surface area contributed by atoms with Crippen LogP contribution in [0.4, 0.5) is 0 Å². The lowest BCUT2D eigenvalue weighted by atomic mass is 9.95. The molecular formula is C27H31NO5. The van der Waals surface area contributed by atoms with Crippen molar-refractivity contribution in [2.24, 2.45) is 5.92 Å². The van der Waals surface area contributed by atoms with E-state index in [1.807, 2.05) is 54.6 Å². The maximum atomic E-state index is 13.2. The molecule has 0 saturated heterocycles. The van der Waals surface area contributed by atoms with Crippen LogP contribution in [0.1, 0.15) is 37.4 Å². The second-order valence-electron chi connectivity index (χ2n) is 8.37. The van der Waals surface area contributed by atoms with E-state index in [9.17, 15) is 14.7 Å². The topological polar surface area (TPSA) is 76.1 Å². The number of hydrogen-bond donors (Lipinski definition) is 1. The molecule has 1 aliphatic rings. The SMILES string of the molecule is COCCN1C(=O)C(O)=C(C(=O)C=Cc2ccccc2)C1c1cccc(OCCC(C)C)c1. The fraction of sp³-hybridized carbons (Fsp3) is 0.333. The predicted molar refractivity (Wildman–Crippen MR) is 128 cm³/mol. The van der Waals surface area contributed by atoms with Crippen LogP contribution in [0, 0.1) is 5.92 Å². The van der Waals surface area contributed by atoms with E-state index in [0.29, 0.717) is 23.8 Å². The van der Waals surface area contributed by atoms with Crippen LogP contribution in [-0.4, -0.2) is 48.6 Å². The second kappa shape index (κ2) is 11.5. The molecule has 1 unspecified atom stereocenters. The number of benzene rings is 2. The Bertz CT molecular complexity index is 1030. The van der Waals surface area contributed by atoms with E-state index in [2.05, 4.69) is 13.8 Å². The molecule has 3 rings (SSSR count). The van der Waals surface area contributed by atoms with Gasteiger partial charge in [0.1, 0.15) is 5.75 Å². The van der Waals surface area contributed by atoms with Crippen molar-refractivity contribution >= 4 is 17.8 Å². The van der Waals surface area contributed by atoms with Crippen molar-refractivity contribution in [2.75, 3.05) is 26.9 Å². The largest absolute Gasteiger partial charge is 0.503 e. The lowest BCUT2D eigenvalue weighted by Crippen LogP contribution is -2.33. The molecule has 1 N–H and O–H groups in total. The summed E-state index contributed by atoms with van der Waals surface area (Å²) in [5.74, 6) is -0.346. The fourth-order valence-electron chi connectivity index (χ4n) is 3.68. The van der Waals surface area contributed by atoms with Crippen molar-refractivity contribution in [2.45, 2.75) is 26.3 Å². The van der Waals surface area contributed by atoms with Crippen molar-refractivity contribution in [3.63, 3.8) is 0 Å². The number of amides is 1. The normalized spacial score (nSPS) is 16.3. The number of carbonyl (C=O) groups excluding carboxylic acids is 2. The molecule has 1 amide bonds. The summed E-state index contributed by atoms with van der Waals surface area (Å²) in [7, 11) is 1.54. The first-order chi connectivity index (χ1) is 15.9. The van der Waals surface area contributed by atoms with Gasteiger partial charge in [-0.1, -0.05) is 62.4 Å². The molecule has 0 aromatic heterocycles. The first-order valence-electron chi connectivity index (χ1n) is 11.2. The zero-order chi connectivity index (χ0) is 23.8. The van der Waals surface area contributed by atoms with Gasteiger partial charge in [-0.3, -0.25) is 9.59 Å². The smallest absolute Gasteiger partial charge is 0.290 e. The van der Waals surface area contributed by atoms with Crippen LogP contribution in [0.2, 0.25) is 0 Å². The average Bonchev–Trinajstić information content (AvgIpc) is 3.06. The zero-order valence-electron chi connectivity index (χ0n) is 19.4. The van der Waals surface area contributed by atoms with Crippen LogP contribution in [-0.2, 0) is 14.3 Å². The monoisotopic (exact) mass is 449 g/mol. The molecule has 0 radical (unpaired) electrons. The van der Waals surface area contributed by atoms with Gasteiger partial charge in [-0.2, -0.15) is 0 Å². The van der Waals surface area contributed by atoms with E-state index in [-0.39, 0.29) is 18.7 Å². The van der Waals surface area contributed by atoms with E-state index in [1.165, 1.54) is 11.0 Å². The number of allylic oxidation sites excluding steroid dienone is 1. The molecular weight excluding hydrogens is 418 g/mol. The third kappa shape index (κ3) is 6.11. The Kier molecular flexibility index (Phi) is 8.44. The minimum absolute atomic E-state index is 0.0580. The molecule has 1 heterocycles. The van der Waals surface area contributed by atoms with Gasteiger partial charge in [0.05, 0.1) is 24.8 Å². The highest BCUT2D eigenvalue weighted by Crippen LogP contribution is 2.38. The van der Waals surface area contributed by atoms with Crippen LogP contribution in [0.25, 0.3) is 6.08 Å². The maximum Gasteiger partial charge on any atom is 0.290 e. The molecule has 2 aromatic carbocycles. The molecule has 0 aliphatic carbocycles. The molecule has 174 valence electrons. The molecule has 1 aliphatic heterocycles. The summed E-state index contributed by atoms with van der Waals surface area (Å²) < 4.78 is 11.0. The minimum Gasteiger partial charge on any atom is -0.503 e. The lowest BCUT2D eigenvalue weighted by Gasteiger charge is -2.26. The Hall–Kier alpha value is -3.38. The number of rotatable bonds is 11. The van der Waals surface area contributed by atoms with E-state index >= 15 is 0 Å². The third-order valence-corrected chi connectivity index (χ3v) is 5.47. The van der Waals surface area contributed by atoms with Crippen LogP contribution in [0.3, 0.4) is 0 Å². The van der Waals surface area contributed by atoms with Crippen molar-refractivity contribution in [3.05, 3.63) is 83.1 Å². The van der Waals surface area contributed by atoms with Crippen molar-refractivity contribution in [1.82, 2.24) is 4.90 Å². The first kappa shape index (κ1) is 24.3. The van der Waals surface area contributed by atoms with Gasteiger partial charge in [0.15, 0.2) is 11.5 Å². The van der Waals surface area contributed by atoms with E-state index in [1.54, 1.807) is 13.2 Å². The quantitative estimate of drug-likeness (QED) is 0.502. The molecule has 0 bridgehead atoms. The van der Waals surface area contributed by atoms with E-state index in [0.717, 1.165) is 12.0 Å². The number of nitrogens with zero attached hydrogens (tertiary/aromatic N) is 1. The molecule has 0 spiro atoms. The summed E-state index contributed by atoms with van der Waals surface area (Å²) in [6.07, 6.45) is 3.98. The van der Waals surface area contributed by atoms with Gasteiger partial charge in [-0.05, 0) is 41.7 Å². The molecule has 33 heavy (non-hydrogen) atoms. The summed E-state index contributed by atoms with van der Waals surface area (Å²) in [4.78, 5) is 27.5. The third-order valence-electron chi connectivity index (χ3n) is 5.47. The number of ether oxygens (including phenoxy) is 2. The van der Waals surface area contributed by atoms with Gasteiger partial charge in [-0.15, -0.1) is 0 Å². The Balaban J connectivity index is 1.92.